The fourth-order valence-corrected chi connectivity index (χ4v) is 4.05. The Morgan fingerprint density at radius 1 is 0.929 bits per heavy atom. The predicted octanol–water partition coefficient (Wildman–Crippen LogP) is 6.03. The van der Waals surface area contributed by atoms with E-state index in [-0.39, 0.29) is 5.82 Å². The molecule has 0 fully saturated rings. The van der Waals surface area contributed by atoms with Crippen LogP contribution in [0.5, 0.6) is 0 Å². The first-order valence-electron chi connectivity index (χ1n) is 8.78. The van der Waals surface area contributed by atoms with Crippen LogP contribution in [0.4, 0.5) is 15.9 Å². The van der Waals surface area contributed by atoms with Gasteiger partial charge in [-0.1, -0.05) is 18.2 Å². The smallest absolute Gasteiger partial charge is 0.135 e. The van der Waals surface area contributed by atoms with Gasteiger partial charge in [0.15, 0.2) is 0 Å². The summed E-state index contributed by atoms with van der Waals surface area (Å²) in [5.41, 5.74) is 3.81. The number of thiazole rings is 1. The average molecular weight is 386 g/mol. The molecular formula is C22H15FN4S. The number of nitrogens with one attached hydrogen (secondary N) is 1. The maximum atomic E-state index is 13.4. The molecule has 0 spiro atoms. The summed E-state index contributed by atoms with van der Waals surface area (Å²) in [4.78, 5) is 8.88. The zero-order valence-electron chi connectivity index (χ0n) is 14.7. The molecule has 4 nitrogen and oxygen atoms in total. The largest absolute Gasteiger partial charge is 0.340 e. The van der Waals surface area contributed by atoms with Crippen molar-refractivity contribution in [3.8, 4) is 16.3 Å². The molecule has 0 atom stereocenters. The molecule has 0 aliphatic rings. The molecule has 2 aromatic heterocycles. The number of hydrogen-bond donors (Lipinski definition) is 1. The van der Waals surface area contributed by atoms with E-state index in [4.69, 9.17) is 0 Å². The van der Waals surface area contributed by atoms with Crippen LogP contribution >= 0.6 is 11.3 Å². The normalized spacial score (nSPS) is 11.0. The first-order valence-corrected chi connectivity index (χ1v) is 9.59. The molecular weight excluding hydrogens is 371 g/mol. The Labute approximate surface area is 164 Å². The summed E-state index contributed by atoms with van der Waals surface area (Å²) >= 11 is 1.49. The monoisotopic (exact) mass is 386 g/mol. The van der Waals surface area contributed by atoms with Gasteiger partial charge in [0, 0.05) is 16.9 Å². The summed E-state index contributed by atoms with van der Waals surface area (Å²) in [6.45, 7) is 0. The summed E-state index contributed by atoms with van der Waals surface area (Å²) < 4.78 is 16.3. The van der Waals surface area contributed by atoms with E-state index in [0.717, 1.165) is 38.0 Å². The van der Waals surface area contributed by atoms with Gasteiger partial charge in [0.1, 0.15) is 23.0 Å². The molecule has 5 rings (SSSR count). The topological polar surface area (TPSA) is 42.7 Å². The third-order valence-corrected chi connectivity index (χ3v) is 5.49. The van der Waals surface area contributed by atoms with E-state index < -0.39 is 0 Å². The third kappa shape index (κ3) is 3.14. The second-order valence-electron chi connectivity index (χ2n) is 6.32. The molecule has 0 saturated heterocycles. The molecule has 6 heteroatoms. The Balaban J connectivity index is 1.44. The maximum Gasteiger partial charge on any atom is 0.135 e. The highest BCUT2D eigenvalue weighted by Crippen LogP contribution is 2.31. The van der Waals surface area contributed by atoms with Gasteiger partial charge in [-0.25, -0.2) is 14.4 Å². The molecule has 0 radical (unpaired) electrons. The Morgan fingerprint density at radius 3 is 2.57 bits per heavy atom. The van der Waals surface area contributed by atoms with Crippen molar-refractivity contribution in [3.05, 3.63) is 91.1 Å². The van der Waals surface area contributed by atoms with Crippen LogP contribution in [0.15, 0.2) is 85.3 Å². The highest BCUT2D eigenvalue weighted by molar-refractivity contribution is 7.21. The lowest BCUT2D eigenvalue weighted by Gasteiger charge is -2.10. The van der Waals surface area contributed by atoms with Gasteiger partial charge in [0.25, 0.3) is 0 Å². The molecule has 1 N–H and O–H groups in total. The summed E-state index contributed by atoms with van der Waals surface area (Å²) in [7, 11) is 0. The van der Waals surface area contributed by atoms with Crippen LogP contribution < -0.4 is 5.32 Å². The van der Waals surface area contributed by atoms with E-state index in [2.05, 4.69) is 15.3 Å². The third-order valence-electron chi connectivity index (χ3n) is 4.43. The Morgan fingerprint density at radius 2 is 1.75 bits per heavy atom. The van der Waals surface area contributed by atoms with E-state index in [1.165, 1.54) is 23.5 Å². The molecule has 0 bridgehead atoms. The zero-order chi connectivity index (χ0) is 18.9. The first-order chi connectivity index (χ1) is 13.8. The SMILES string of the molecule is Fc1ccc2nc(-c3ccc(-n4cncc4Nc4ccccc4)cc3)sc2c1. The number of halogens is 1. The van der Waals surface area contributed by atoms with Crippen LogP contribution in [0.2, 0.25) is 0 Å². The van der Waals surface area contributed by atoms with E-state index in [1.54, 1.807) is 18.6 Å². The fourth-order valence-electron chi connectivity index (χ4n) is 3.05. The van der Waals surface area contributed by atoms with Crippen molar-refractivity contribution in [1.29, 1.82) is 0 Å². The zero-order valence-corrected chi connectivity index (χ0v) is 15.5. The summed E-state index contributed by atoms with van der Waals surface area (Å²) in [5.74, 6) is 0.644. The van der Waals surface area contributed by atoms with Crippen LogP contribution in [-0.2, 0) is 0 Å². The second kappa shape index (κ2) is 6.90. The lowest BCUT2D eigenvalue weighted by molar-refractivity contribution is 0.630. The molecule has 0 aliphatic carbocycles. The van der Waals surface area contributed by atoms with Crippen LogP contribution in [0.1, 0.15) is 0 Å². The summed E-state index contributed by atoms with van der Waals surface area (Å²) in [6, 6.07) is 22.8. The fraction of sp³-hybridized carbons (Fsp3) is 0. The number of imidazole rings is 1. The van der Waals surface area contributed by atoms with E-state index in [9.17, 15) is 4.39 Å². The van der Waals surface area contributed by atoms with E-state index >= 15 is 0 Å². The summed E-state index contributed by atoms with van der Waals surface area (Å²) in [6.07, 6.45) is 3.57. The highest BCUT2D eigenvalue weighted by Gasteiger charge is 2.09. The average Bonchev–Trinajstić information content (AvgIpc) is 3.35. The molecule has 3 aromatic carbocycles. The van der Waals surface area contributed by atoms with E-state index in [1.807, 2.05) is 59.2 Å². The van der Waals surface area contributed by atoms with Gasteiger partial charge >= 0.3 is 0 Å². The van der Waals surface area contributed by atoms with Crippen LogP contribution in [0, 0.1) is 5.82 Å². The number of anilines is 2. The number of fused-ring (bicyclic) bond motifs is 1. The van der Waals surface area contributed by atoms with E-state index in [0.29, 0.717) is 0 Å². The minimum absolute atomic E-state index is 0.239. The minimum atomic E-state index is -0.239. The van der Waals surface area contributed by atoms with Crippen molar-refractivity contribution < 1.29 is 4.39 Å². The standard InChI is InChI=1S/C22H15FN4S/c23-16-8-11-19-20(12-16)28-22(26-19)15-6-9-18(10-7-15)27-14-24-13-21(27)25-17-4-2-1-3-5-17/h1-14,25H. The second-order valence-corrected chi connectivity index (χ2v) is 7.35. The van der Waals surface area contributed by atoms with Gasteiger partial charge in [0.2, 0.25) is 0 Å². The minimum Gasteiger partial charge on any atom is -0.340 e. The quantitative estimate of drug-likeness (QED) is 0.410. The van der Waals surface area contributed by atoms with Gasteiger partial charge in [-0.05, 0) is 54.6 Å². The van der Waals surface area contributed by atoms with Crippen molar-refractivity contribution in [2.45, 2.75) is 0 Å². The number of rotatable bonds is 4. The molecule has 0 unspecified atom stereocenters. The van der Waals surface area contributed by atoms with Gasteiger partial charge in [-0.3, -0.25) is 4.57 Å². The number of hydrogen-bond acceptors (Lipinski definition) is 4. The lowest BCUT2D eigenvalue weighted by atomic mass is 10.2. The molecule has 5 aromatic rings. The number of para-hydroxylation sites is 1. The van der Waals surface area contributed by atoms with Gasteiger partial charge in [-0.15, -0.1) is 11.3 Å². The van der Waals surface area contributed by atoms with Gasteiger partial charge < -0.3 is 5.32 Å². The number of benzene rings is 3. The Bertz CT molecular complexity index is 1240. The molecule has 0 aliphatic heterocycles. The maximum absolute atomic E-state index is 13.4. The number of aromatic nitrogens is 3. The Hall–Kier alpha value is -3.51. The van der Waals surface area contributed by atoms with Crippen LogP contribution in [-0.4, -0.2) is 14.5 Å². The van der Waals surface area contributed by atoms with Crippen molar-refractivity contribution in [1.82, 2.24) is 14.5 Å². The Kier molecular flexibility index (Phi) is 4.10. The predicted molar refractivity (Wildman–Crippen MR) is 112 cm³/mol. The van der Waals surface area contributed by atoms with Crippen molar-refractivity contribution in [2.75, 3.05) is 5.32 Å². The van der Waals surface area contributed by atoms with Gasteiger partial charge in [-0.2, -0.15) is 0 Å². The molecule has 136 valence electrons. The molecule has 2 heterocycles. The van der Waals surface area contributed by atoms with Crippen LogP contribution in [0.3, 0.4) is 0 Å². The van der Waals surface area contributed by atoms with Crippen molar-refractivity contribution in [3.63, 3.8) is 0 Å². The molecule has 0 amide bonds. The summed E-state index contributed by atoms with van der Waals surface area (Å²) in [5, 5.41) is 4.25. The molecule has 0 saturated carbocycles. The first kappa shape index (κ1) is 16.6. The highest BCUT2D eigenvalue weighted by atomic mass is 32.1. The number of nitrogens with zero attached hydrogens (tertiary/aromatic N) is 3. The molecule has 28 heavy (non-hydrogen) atoms. The van der Waals surface area contributed by atoms with Gasteiger partial charge in [0.05, 0.1) is 16.4 Å². The van der Waals surface area contributed by atoms with Crippen molar-refractivity contribution in [2.24, 2.45) is 0 Å². The lowest BCUT2D eigenvalue weighted by Crippen LogP contribution is -1.99. The van der Waals surface area contributed by atoms with Crippen LogP contribution in [0.25, 0.3) is 26.5 Å². The van der Waals surface area contributed by atoms with Crippen molar-refractivity contribution >= 4 is 33.1 Å².